The lowest BCUT2D eigenvalue weighted by atomic mass is 10.0. The van der Waals surface area contributed by atoms with E-state index in [2.05, 4.69) is 0 Å². The van der Waals surface area contributed by atoms with Gasteiger partial charge in [-0.25, -0.2) is 13.6 Å². The highest BCUT2D eigenvalue weighted by atomic mass is 19.3. The van der Waals surface area contributed by atoms with E-state index >= 15 is 0 Å². The summed E-state index contributed by atoms with van der Waals surface area (Å²) in [5.41, 5.74) is 6.12. The van der Waals surface area contributed by atoms with Gasteiger partial charge in [-0.1, -0.05) is 12.1 Å². The third-order valence-corrected chi connectivity index (χ3v) is 2.02. The summed E-state index contributed by atoms with van der Waals surface area (Å²) < 4.78 is 24.0. The largest absolute Gasteiger partial charge is 0.478 e. The highest BCUT2D eigenvalue weighted by molar-refractivity contribution is 5.87. The zero-order chi connectivity index (χ0) is 11.4. The molecule has 0 saturated heterocycles. The molecule has 0 heterocycles. The van der Waals surface area contributed by atoms with Gasteiger partial charge in [-0.2, -0.15) is 0 Å². The molecule has 0 aliphatic heterocycles. The topological polar surface area (TPSA) is 63.3 Å². The number of hydrogen-bond donors (Lipinski definition) is 2. The van der Waals surface area contributed by atoms with Gasteiger partial charge >= 0.3 is 5.97 Å². The summed E-state index contributed by atoms with van der Waals surface area (Å²) in [6.07, 6.45) is -2.88. The van der Waals surface area contributed by atoms with Crippen molar-refractivity contribution in [3.8, 4) is 0 Å². The Kier molecular flexibility index (Phi) is 3.74. The Morgan fingerprint density at radius 2 is 1.87 bits per heavy atom. The Morgan fingerprint density at radius 3 is 2.27 bits per heavy atom. The van der Waals surface area contributed by atoms with Crippen LogP contribution in [0.4, 0.5) is 8.78 Å². The van der Waals surface area contributed by atoms with Crippen molar-refractivity contribution >= 4 is 5.97 Å². The summed E-state index contributed by atoms with van der Waals surface area (Å²) >= 11 is 0. The van der Waals surface area contributed by atoms with E-state index in [1.165, 1.54) is 24.3 Å². The van der Waals surface area contributed by atoms with Gasteiger partial charge in [-0.15, -0.1) is 0 Å². The molecule has 0 amide bonds. The quantitative estimate of drug-likeness (QED) is 0.807. The molecule has 15 heavy (non-hydrogen) atoms. The van der Waals surface area contributed by atoms with Crippen molar-refractivity contribution in [2.45, 2.75) is 18.9 Å². The minimum atomic E-state index is -2.46. The van der Waals surface area contributed by atoms with Crippen LogP contribution in [0.2, 0.25) is 0 Å². The lowest BCUT2D eigenvalue weighted by Gasteiger charge is -2.11. The number of benzene rings is 1. The number of hydrogen-bond acceptors (Lipinski definition) is 2. The molecule has 3 nitrogen and oxygen atoms in total. The van der Waals surface area contributed by atoms with E-state index in [0.29, 0.717) is 5.56 Å². The van der Waals surface area contributed by atoms with Crippen LogP contribution in [0.5, 0.6) is 0 Å². The second-order valence-electron chi connectivity index (χ2n) is 3.16. The number of halogens is 2. The van der Waals surface area contributed by atoms with Crippen LogP contribution in [0.25, 0.3) is 0 Å². The SMILES string of the molecule is N[C@H](CC(F)F)c1ccc(C(=O)O)cc1. The van der Waals surface area contributed by atoms with Crippen molar-refractivity contribution in [3.63, 3.8) is 0 Å². The molecule has 0 radical (unpaired) electrons. The summed E-state index contributed by atoms with van der Waals surface area (Å²) in [4.78, 5) is 10.5. The lowest BCUT2D eigenvalue weighted by Crippen LogP contribution is -2.14. The molecule has 82 valence electrons. The Balaban J connectivity index is 2.75. The lowest BCUT2D eigenvalue weighted by molar-refractivity contribution is 0.0696. The summed E-state index contributed by atoms with van der Waals surface area (Å²) in [6.45, 7) is 0. The molecule has 0 bridgehead atoms. The normalized spacial score (nSPS) is 12.8. The van der Waals surface area contributed by atoms with Crippen LogP contribution >= 0.6 is 0 Å². The van der Waals surface area contributed by atoms with Crippen LogP contribution in [0, 0.1) is 0 Å². The highest BCUT2D eigenvalue weighted by Crippen LogP contribution is 2.18. The van der Waals surface area contributed by atoms with Crippen molar-refractivity contribution in [1.82, 2.24) is 0 Å². The molecule has 0 aliphatic carbocycles. The van der Waals surface area contributed by atoms with E-state index in [1.807, 2.05) is 0 Å². The number of carboxylic acids is 1. The molecule has 3 N–H and O–H groups in total. The number of rotatable bonds is 4. The Hall–Kier alpha value is -1.49. The van der Waals surface area contributed by atoms with Gasteiger partial charge in [0.25, 0.3) is 0 Å². The maximum atomic E-state index is 12.0. The van der Waals surface area contributed by atoms with Gasteiger partial charge in [0, 0.05) is 12.5 Å². The molecule has 1 rings (SSSR count). The number of carbonyl (C=O) groups is 1. The van der Waals surface area contributed by atoms with Crippen LogP contribution in [-0.4, -0.2) is 17.5 Å². The van der Waals surface area contributed by atoms with Crippen LogP contribution in [-0.2, 0) is 0 Å². The van der Waals surface area contributed by atoms with Crippen molar-refractivity contribution in [3.05, 3.63) is 35.4 Å². The van der Waals surface area contributed by atoms with E-state index in [-0.39, 0.29) is 5.56 Å². The van der Waals surface area contributed by atoms with Gasteiger partial charge in [-0.05, 0) is 17.7 Å². The fourth-order valence-electron chi connectivity index (χ4n) is 1.20. The Morgan fingerprint density at radius 1 is 1.33 bits per heavy atom. The first-order valence-electron chi connectivity index (χ1n) is 4.37. The predicted octanol–water partition coefficient (Wildman–Crippen LogP) is 2.04. The Labute approximate surface area is 85.5 Å². The molecule has 1 aromatic rings. The van der Waals surface area contributed by atoms with Gasteiger partial charge in [0.1, 0.15) is 0 Å². The summed E-state index contributed by atoms with van der Waals surface area (Å²) in [7, 11) is 0. The summed E-state index contributed by atoms with van der Waals surface area (Å²) in [5.74, 6) is -1.05. The maximum Gasteiger partial charge on any atom is 0.335 e. The van der Waals surface area contributed by atoms with Crippen molar-refractivity contribution in [2.75, 3.05) is 0 Å². The minimum Gasteiger partial charge on any atom is -0.478 e. The van der Waals surface area contributed by atoms with Crippen molar-refractivity contribution in [2.24, 2.45) is 5.73 Å². The first kappa shape index (κ1) is 11.6. The van der Waals surface area contributed by atoms with E-state index in [4.69, 9.17) is 10.8 Å². The molecule has 1 atom stereocenters. The van der Waals surface area contributed by atoms with E-state index in [0.717, 1.165) is 0 Å². The average molecular weight is 215 g/mol. The van der Waals surface area contributed by atoms with Gasteiger partial charge in [0.2, 0.25) is 6.43 Å². The molecule has 0 saturated carbocycles. The van der Waals surface area contributed by atoms with Crippen LogP contribution in [0.15, 0.2) is 24.3 Å². The molecular weight excluding hydrogens is 204 g/mol. The third-order valence-electron chi connectivity index (χ3n) is 2.02. The van der Waals surface area contributed by atoms with Crippen LogP contribution in [0.3, 0.4) is 0 Å². The third kappa shape index (κ3) is 3.28. The monoisotopic (exact) mass is 215 g/mol. The molecule has 0 fully saturated rings. The smallest absolute Gasteiger partial charge is 0.335 e. The zero-order valence-electron chi connectivity index (χ0n) is 7.86. The molecule has 0 spiro atoms. The first-order valence-corrected chi connectivity index (χ1v) is 4.37. The first-order chi connectivity index (χ1) is 7.00. The summed E-state index contributed by atoms with van der Waals surface area (Å²) in [5, 5.41) is 8.61. The van der Waals surface area contributed by atoms with Gasteiger partial charge in [0.05, 0.1) is 5.56 Å². The fourth-order valence-corrected chi connectivity index (χ4v) is 1.20. The number of aromatic carboxylic acids is 1. The molecule has 5 heteroatoms. The molecule has 1 aromatic carbocycles. The second-order valence-corrected chi connectivity index (χ2v) is 3.16. The second kappa shape index (κ2) is 4.84. The fraction of sp³-hybridized carbons (Fsp3) is 0.300. The Bertz CT molecular complexity index is 338. The number of alkyl halides is 2. The molecular formula is C10H11F2NO2. The molecule has 0 unspecified atom stereocenters. The zero-order valence-corrected chi connectivity index (χ0v) is 7.86. The predicted molar refractivity (Wildman–Crippen MR) is 51.0 cm³/mol. The standard InChI is InChI=1S/C10H11F2NO2/c11-9(12)5-8(13)6-1-3-7(4-2-6)10(14)15/h1-4,8-9H,5,13H2,(H,14,15)/t8-/m1/s1. The van der Waals surface area contributed by atoms with Crippen molar-refractivity contribution < 1.29 is 18.7 Å². The molecule has 0 aromatic heterocycles. The minimum absolute atomic E-state index is 0.114. The van der Waals surface area contributed by atoms with Crippen molar-refractivity contribution in [1.29, 1.82) is 0 Å². The molecule has 0 aliphatic rings. The van der Waals surface area contributed by atoms with Crippen LogP contribution in [0.1, 0.15) is 28.4 Å². The average Bonchev–Trinajstić information content (AvgIpc) is 2.17. The van der Waals surface area contributed by atoms with Gasteiger partial charge in [-0.3, -0.25) is 0 Å². The van der Waals surface area contributed by atoms with Gasteiger partial charge < -0.3 is 10.8 Å². The summed E-state index contributed by atoms with van der Waals surface area (Å²) in [6, 6.07) is 4.85. The van der Waals surface area contributed by atoms with Crippen LogP contribution < -0.4 is 5.73 Å². The van der Waals surface area contributed by atoms with E-state index < -0.39 is 24.9 Å². The van der Waals surface area contributed by atoms with E-state index in [9.17, 15) is 13.6 Å². The maximum absolute atomic E-state index is 12.0. The number of nitrogens with two attached hydrogens (primary N) is 1. The van der Waals surface area contributed by atoms with E-state index in [1.54, 1.807) is 0 Å². The highest BCUT2D eigenvalue weighted by Gasteiger charge is 2.13. The number of carboxylic acid groups (broad SMARTS) is 1. The van der Waals surface area contributed by atoms with Gasteiger partial charge in [0.15, 0.2) is 0 Å².